The second-order valence-corrected chi connectivity index (χ2v) is 27.4. The number of benzene rings is 4. The normalized spacial score (nSPS) is 14.3. The van der Waals surface area contributed by atoms with Crippen molar-refractivity contribution in [3.8, 4) is 51.5 Å². The van der Waals surface area contributed by atoms with E-state index in [-0.39, 0.29) is 0 Å². The van der Waals surface area contributed by atoms with E-state index >= 15 is 0 Å². The first-order valence-corrected chi connectivity index (χ1v) is 30.3. The van der Waals surface area contributed by atoms with E-state index in [1.807, 2.05) is 22.7 Å². The van der Waals surface area contributed by atoms with Gasteiger partial charge < -0.3 is 11.5 Å². The summed E-state index contributed by atoms with van der Waals surface area (Å²) in [6.07, 6.45) is 9.96. The Morgan fingerprint density at radius 2 is 0.938 bits per heavy atom. The number of hydrogen-bond donors (Lipinski definition) is 2. The van der Waals surface area contributed by atoms with Crippen molar-refractivity contribution >= 4 is 141 Å². The first-order chi connectivity index (χ1) is 31.8. The lowest BCUT2D eigenvalue weighted by molar-refractivity contribution is 0.469. The van der Waals surface area contributed by atoms with Crippen LogP contribution in [0, 0.1) is 11.8 Å². The maximum atomic E-state index is 7.26. The summed E-state index contributed by atoms with van der Waals surface area (Å²) in [6.45, 7) is 9.55. The van der Waals surface area contributed by atoms with Gasteiger partial charge in [-0.15, -0.1) is 45.3 Å². The molecule has 6 nitrogen and oxygen atoms in total. The third-order valence-electron chi connectivity index (χ3n) is 14.1. The van der Waals surface area contributed by atoms with Crippen LogP contribution in [-0.4, -0.2) is 25.6 Å². The molecule has 2 unspecified atom stereocenters. The number of unbranched alkanes of at least 4 members (excludes halogenated alkanes) is 2. The van der Waals surface area contributed by atoms with Crippen LogP contribution < -0.4 is 21.8 Å². The number of nitrogens with two attached hydrogens (primary N) is 2. The predicted molar refractivity (Wildman–Crippen MR) is 292 cm³/mol. The van der Waals surface area contributed by atoms with Crippen LogP contribution in [0.4, 0.5) is 11.4 Å². The molecule has 0 fully saturated rings. The maximum Gasteiger partial charge on any atom is 0.122 e. The first kappa shape index (κ1) is 43.2. The molecule has 1 aliphatic rings. The van der Waals surface area contributed by atoms with E-state index in [2.05, 4.69) is 113 Å². The van der Waals surface area contributed by atoms with E-state index in [0.717, 1.165) is 55.7 Å². The van der Waals surface area contributed by atoms with Gasteiger partial charge in [0.05, 0.1) is 23.5 Å². The molecule has 0 bridgehead atoms. The number of anilines is 2. The fourth-order valence-electron chi connectivity index (χ4n) is 10.7. The zero-order valence-corrected chi connectivity index (χ0v) is 43.1. The van der Waals surface area contributed by atoms with Crippen molar-refractivity contribution < 1.29 is 0 Å². The van der Waals surface area contributed by atoms with Crippen LogP contribution in [0.15, 0.2) is 84.9 Å². The Balaban J connectivity index is 1.10. The number of aromatic nitrogens is 4. The van der Waals surface area contributed by atoms with Gasteiger partial charge in [-0.3, -0.25) is 0 Å². The zero-order chi connectivity index (χ0) is 44.4. The molecule has 10 aromatic rings. The third-order valence-corrected chi connectivity index (χ3v) is 25.7. The average molecular weight is 982 g/mol. The summed E-state index contributed by atoms with van der Waals surface area (Å²) in [7, 11) is -2.39. The lowest BCUT2D eigenvalue weighted by Crippen LogP contribution is -2.56. The molecule has 330 valence electrons. The molecular formula is C52H52N6S6Si. The first-order valence-electron chi connectivity index (χ1n) is 23.2. The predicted octanol–water partition coefficient (Wildman–Crippen LogP) is 16.1. The Hall–Kier alpha value is -4.34. The van der Waals surface area contributed by atoms with E-state index in [1.165, 1.54) is 136 Å². The van der Waals surface area contributed by atoms with Gasteiger partial charge in [-0.25, -0.2) is 0 Å². The molecule has 4 N–H and O–H groups in total. The molecule has 0 spiro atoms. The van der Waals surface area contributed by atoms with Crippen LogP contribution >= 0.6 is 68.8 Å². The van der Waals surface area contributed by atoms with Crippen molar-refractivity contribution in [3.63, 3.8) is 0 Å². The van der Waals surface area contributed by atoms with Gasteiger partial charge in [-0.05, 0) is 93.6 Å². The molecule has 7 heterocycles. The van der Waals surface area contributed by atoms with Gasteiger partial charge in [0.25, 0.3) is 0 Å². The maximum absolute atomic E-state index is 7.26. The van der Waals surface area contributed by atoms with E-state index in [1.54, 1.807) is 33.0 Å². The van der Waals surface area contributed by atoms with Crippen molar-refractivity contribution in [3.05, 3.63) is 84.9 Å². The minimum absolute atomic E-state index is 0.663. The van der Waals surface area contributed by atoms with Gasteiger partial charge in [-0.2, -0.15) is 17.5 Å². The number of fused-ring (bicyclic) bond motifs is 7. The smallest absolute Gasteiger partial charge is 0.122 e. The molecule has 0 radical (unpaired) electrons. The fourth-order valence-corrected chi connectivity index (χ4v) is 24.5. The largest absolute Gasteiger partial charge is 0.398 e. The van der Waals surface area contributed by atoms with Crippen molar-refractivity contribution in [2.75, 3.05) is 11.5 Å². The molecule has 0 saturated heterocycles. The molecule has 65 heavy (non-hydrogen) atoms. The van der Waals surface area contributed by atoms with Gasteiger partial charge in [0.1, 0.15) is 30.1 Å². The highest BCUT2D eigenvalue weighted by Crippen LogP contribution is 2.53. The van der Waals surface area contributed by atoms with Crippen LogP contribution in [0.25, 0.3) is 93.8 Å². The second-order valence-electron chi connectivity index (χ2n) is 18.0. The summed E-state index contributed by atoms with van der Waals surface area (Å²) in [5, 5.41) is 5.71. The molecule has 11 rings (SSSR count). The Bertz CT molecular complexity index is 3080. The van der Waals surface area contributed by atoms with E-state index in [4.69, 9.17) is 29.0 Å². The minimum atomic E-state index is -2.39. The number of thiophene rings is 4. The van der Waals surface area contributed by atoms with E-state index in [0.29, 0.717) is 11.8 Å². The Morgan fingerprint density at radius 3 is 1.35 bits per heavy atom. The highest BCUT2D eigenvalue weighted by atomic mass is 32.1. The standard InChI is InChI=1S/C52H52N6S6Si/c1-5-9-15-29(7-3)27-65(28-30(8-4)16-10-6-2)43-25-41(45-35(53)23-33(47-49(45)57-63-55-47)39-21-31-17-11-13-19-37(31)59-39)61-51(43)52-44(65)26-42(62-52)46-36(54)24-34(48-50(46)58-64-56-48)40-22-32-18-12-14-20-38(32)60-40/h11-14,17-26,29-30H,5-10,15-16,27-28,53-54H2,1-4H3. The summed E-state index contributed by atoms with van der Waals surface area (Å²) in [4.78, 5) is 7.65. The zero-order valence-electron chi connectivity index (χ0n) is 37.2. The fraction of sp³-hybridized carbons (Fsp3) is 0.308. The van der Waals surface area contributed by atoms with Crippen LogP contribution in [0.2, 0.25) is 12.1 Å². The van der Waals surface area contributed by atoms with E-state index < -0.39 is 8.07 Å². The number of nitrogens with zero attached hydrogens (tertiary/aromatic N) is 4. The van der Waals surface area contributed by atoms with Gasteiger partial charge in [-0.1, -0.05) is 115 Å². The summed E-state index contributed by atoms with van der Waals surface area (Å²) >= 11 is 10.0. The quantitative estimate of drug-likeness (QED) is 0.0738. The van der Waals surface area contributed by atoms with Crippen molar-refractivity contribution in [1.29, 1.82) is 0 Å². The molecule has 6 aromatic heterocycles. The van der Waals surface area contributed by atoms with Crippen LogP contribution in [0.1, 0.15) is 79.1 Å². The van der Waals surface area contributed by atoms with Crippen molar-refractivity contribution in [2.45, 2.75) is 91.1 Å². The molecule has 0 amide bonds. The van der Waals surface area contributed by atoms with E-state index in [9.17, 15) is 0 Å². The SMILES string of the molecule is CCCCC(CC)C[Si]1(CC(CC)CCCC)c2cc(-c3c(N)cc(-c4cc5ccccc5s4)c4nsnc34)sc2-c2sc(-c3c(N)cc(-c4cc5ccccc5s4)c4nsnc34)cc21. The molecule has 1 aliphatic heterocycles. The van der Waals surface area contributed by atoms with Gasteiger partial charge in [0, 0.05) is 72.3 Å². The average Bonchev–Trinajstić information content (AvgIpc) is 4.19. The van der Waals surface area contributed by atoms with Crippen LogP contribution in [0.5, 0.6) is 0 Å². The highest BCUT2D eigenvalue weighted by molar-refractivity contribution is 7.32. The molecule has 4 aromatic carbocycles. The summed E-state index contributed by atoms with van der Waals surface area (Å²) in [6, 6.07) is 33.8. The highest BCUT2D eigenvalue weighted by Gasteiger charge is 2.50. The molecule has 2 atom stereocenters. The summed E-state index contributed by atoms with van der Waals surface area (Å²) in [5.74, 6) is 1.33. The Morgan fingerprint density at radius 1 is 0.508 bits per heavy atom. The number of nitrogen functional groups attached to an aromatic ring is 2. The Labute approximate surface area is 406 Å². The summed E-state index contributed by atoms with van der Waals surface area (Å²) < 4.78 is 22.5. The topological polar surface area (TPSA) is 104 Å². The third kappa shape index (κ3) is 7.40. The monoisotopic (exact) mass is 980 g/mol. The molecular weight excluding hydrogens is 929 g/mol. The number of rotatable bonds is 16. The lowest BCUT2D eigenvalue weighted by atomic mass is 10.0. The lowest BCUT2D eigenvalue weighted by Gasteiger charge is -2.35. The minimum Gasteiger partial charge on any atom is -0.398 e. The second kappa shape index (κ2) is 17.7. The number of hydrogen-bond acceptors (Lipinski definition) is 12. The van der Waals surface area contributed by atoms with Gasteiger partial charge in [0.15, 0.2) is 0 Å². The van der Waals surface area contributed by atoms with Crippen molar-refractivity contribution in [1.82, 2.24) is 17.5 Å². The molecule has 13 heteroatoms. The van der Waals surface area contributed by atoms with Gasteiger partial charge >= 0.3 is 0 Å². The van der Waals surface area contributed by atoms with Gasteiger partial charge in [0.2, 0.25) is 0 Å². The Kier molecular flexibility index (Phi) is 11.8. The molecule has 0 saturated carbocycles. The van der Waals surface area contributed by atoms with Crippen LogP contribution in [0.3, 0.4) is 0 Å². The summed E-state index contributed by atoms with van der Waals surface area (Å²) in [5.41, 5.74) is 24.0. The molecule has 0 aliphatic carbocycles. The van der Waals surface area contributed by atoms with Crippen LogP contribution in [-0.2, 0) is 0 Å². The van der Waals surface area contributed by atoms with Crippen molar-refractivity contribution in [2.24, 2.45) is 11.8 Å².